The number of halogens is 2. The van der Waals surface area contributed by atoms with Crippen LogP contribution >= 0.6 is 0 Å². The molecule has 0 atom stereocenters. The molecule has 0 aliphatic carbocycles. The van der Waals surface area contributed by atoms with Crippen LogP contribution in [0.4, 0.5) is 19.3 Å². The van der Waals surface area contributed by atoms with Gasteiger partial charge < -0.3 is 15.1 Å². The Bertz CT molecular complexity index is 1110. The van der Waals surface area contributed by atoms with Crippen LogP contribution in [0.2, 0.25) is 0 Å². The molecule has 0 saturated carbocycles. The lowest BCUT2D eigenvalue weighted by Crippen LogP contribution is -2.48. The first-order valence-corrected chi connectivity index (χ1v) is 10.9. The van der Waals surface area contributed by atoms with Crippen molar-refractivity contribution < 1.29 is 13.6 Å². The Labute approximate surface area is 192 Å². The van der Waals surface area contributed by atoms with Crippen LogP contribution in [0, 0.1) is 17.0 Å². The van der Waals surface area contributed by atoms with Gasteiger partial charge in [-0.25, -0.2) is 13.6 Å². The minimum absolute atomic E-state index is 0.0827. The molecular formula is C26H26F2N4O. The van der Waals surface area contributed by atoms with Crippen molar-refractivity contribution in [1.82, 2.24) is 9.80 Å². The molecule has 170 valence electrons. The third-order valence-electron chi connectivity index (χ3n) is 6.03. The second kappa shape index (κ2) is 9.81. The number of likely N-dealkylation sites (tertiary alicyclic amines) is 1. The summed E-state index contributed by atoms with van der Waals surface area (Å²) in [5, 5.41) is 11.3. The van der Waals surface area contributed by atoms with Crippen molar-refractivity contribution in [3.63, 3.8) is 0 Å². The molecule has 2 N–H and O–H groups in total. The van der Waals surface area contributed by atoms with Crippen LogP contribution in [-0.2, 0) is 0 Å². The molecule has 3 aromatic carbocycles. The summed E-state index contributed by atoms with van der Waals surface area (Å²) >= 11 is 0. The molecule has 3 aromatic rings. The van der Waals surface area contributed by atoms with Gasteiger partial charge in [0.15, 0.2) is 0 Å². The van der Waals surface area contributed by atoms with E-state index in [1.54, 1.807) is 36.2 Å². The van der Waals surface area contributed by atoms with Crippen molar-refractivity contribution in [1.29, 1.82) is 5.41 Å². The molecule has 1 saturated heterocycles. The molecule has 1 aliphatic rings. The molecule has 1 fully saturated rings. The average Bonchev–Trinajstić information content (AvgIpc) is 2.83. The molecule has 1 aliphatic heterocycles. The van der Waals surface area contributed by atoms with Crippen molar-refractivity contribution in [2.45, 2.75) is 18.9 Å². The molecule has 33 heavy (non-hydrogen) atoms. The van der Waals surface area contributed by atoms with Crippen LogP contribution in [0.5, 0.6) is 0 Å². The van der Waals surface area contributed by atoms with Crippen LogP contribution in [-0.4, -0.2) is 47.8 Å². The summed E-state index contributed by atoms with van der Waals surface area (Å²) in [6.07, 6.45) is 1.56. The summed E-state index contributed by atoms with van der Waals surface area (Å²) < 4.78 is 26.9. The van der Waals surface area contributed by atoms with Gasteiger partial charge >= 0.3 is 6.03 Å². The molecule has 7 heteroatoms. The molecule has 2 amide bonds. The van der Waals surface area contributed by atoms with E-state index in [1.807, 2.05) is 35.2 Å². The predicted octanol–water partition coefficient (Wildman–Crippen LogP) is 5.59. The van der Waals surface area contributed by atoms with Gasteiger partial charge in [-0.3, -0.25) is 5.41 Å². The minimum Gasteiger partial charge on any atom is -0.356 e. The number of amides is 2. The monoisotopic (exact) mass is 448 g/mol. The Balaban J connectivity index is 1.32. The molecule has 1 heterocycles. The van der Waals surface area contributed by atoms with Crippen molar-refractivity contribution in [2.24, 2.45) is 0 Å². The minimum atomic E-state index is -0.631. The zero-order valence-electron chi connectivity index (χ0n) is 18.4. The first-order valence-electron chi connectivity index (χ1n) is 10.9. The number of hydrogen-bond acceptors (Lipinski definition) is 2. The Kier molecular flexibility index (Phi) is 6.68. The summed E-state index contributed by atoms with van der Waals surface area (Å²) in [6, 6.07) is 19.8. The molecule has 0 bridgehead atoms. The van der Waals surface area contributed by atoms with E-state index in [0.29, 0.717) is 22.6 Å². The largest absolute Gasteiger partial charge is 0.356 e. The molecule has 0 unspecified atom stereocenters. The zero-order chi connectivity index (χ0) is 23.4. The number of carbonyl (C=O) groups is 1. The molecular weight excluding hydrogens is 422 g/mol. The number of carbonyl (C=O) groups excluding carboxylic acids is 1. The highest BCUT2D eigenvalue weighted by atomic mass is 19.1. The highest BCUT2D eigenvalue weighted by Crippen LogP contribution is 2.24. The maximum absolute atomic E-state index is 13.5. The van der Waals surface area contributed by atoms with Gasteiger partial charge in [0.25, 0.3) is 0 Å². The van der Waals surface area contributed by atoms with Crippen molar-refractivity contribution in [3.8, 4) is 11.1 Å². The third kappa shape index (κ3) is 5.37. The van der Waals surface area contributed by atoms with Crippen LogP contribution in [0.1, 0.15) is 18.4 Å². The fourth-order valence-corrected chi connectivity index (χ4v) is 4.10. The van der Waals surface area contributed by atoms with E-state index in [1.165, 1.54) is 12.1 Å². The predicted molar refractivity (Wildman–Crippen MR) is 126 cm³/mol. The average molecular weight is 449 g/mol. The van der Waals surface area contributed by atoms with Gasteiger partial charge in [0, 0.05) is 43.5 Å². The number of nitrogens with one attached hydrogen (secondary N) is 2. The smallest absolute Gasteiger partial charge is 0.321 e. The van der Waals surface area contributed by atoms with Gasteiger partial charge in [-0.15, -0.1) is 0 Å². The Morgan fingerprint density at radius 3 is 2.15 bits per heavy atom. The number of benzene rings is 3. The van der Waals surface area contributed by atoms with E-state index >= 15 is 0 Å². The van der Waals surface area contributed by atoms with E-state index in [0.717, 1.165) is 37.6 Å². The maximum Gasteiger partial charge on any atom is 0.321 e. The first-order chi connectivity index (χ1) is 15.9. The number of rotatable bonds is 4. The van der Waals surface area contributed by atoms with Crippen molar-refractivity contribution in [2.75, 3.05) is 25.5 Å². The van der Waals surface area contributed by atoms with E-state index < -0.39 is 11.6 Å². The fourth-order valence-electron chi connectivity index (χ4n) is 4.10. The number of hydrogen-bond donors (Lipinski definition) is 2. The number of piperidine rings is 1. The van der Waals surface area contributed by atoms with Gasteiger partial charge in [-0.2, -0.15) is 0 Å². The van der Waals surface area contributed by atoms with E-state index in [2.05, 4.69) is 5.32 Å². The second-order valence-electron chi connectivity index (χ2n) is 8.21. The van der Waals surface area contributed by atoms with Crippen molar-refractivity contribution in [3.05, 3.63) is 90.0 Å². The summed E-state index contributed by atoms with van der Waals surface area (Å²) in [5.74, 6) is -0.748. The molecule has 4 rings (SSSR count). The fraction of sp³-hybridized carbons (Fsp3) is 0.231. The highest BCUT2D eigenvalue weighted by Gasteiger charge is 2.26. The third-order valence-corrected chi connectivity index (χ3v) is 6.03. The van der Waals surface area contributed by atoms with Gasteiger partial charge in [0.05, 0.1) is 0 Å². The van der Waals surface area contributed by atoms with Crippen LogP contribution < -0.4 is 5.32 Å². The lowest BCUT2D eigenvalue weighted by atomic mass is 10.0. The number of amidine groups is 1. The SMILES string of the molecule is CN(C(=O)Nc1ccc(-c2cc(F)cc(F)c2)cc1)C1CCN(C(=N)c2ccccc2)CC1. The number of urea groups is 1. The lowest BCUT2D eigenvalue weighted by molar-refractivity contribution is 0.171. The maximum atomic E-state index is 13.5. The molecule has 0 radical (unpaired) electrons. The van der Waals surface area contributed by atoms with Gasteiger partial charge in [0.1, 0.15) is 17.5 Å². The van der Waals surface area contributed by atoms with E-state index in [4.69, 9.17) is 5.41 Å². The summed E-state index contributed by atoms with van der Waals surface area (Å²) in [4.78, 5) is 16.5. The number of nitrogens with zero attached hydrogens (tertiary/aromatic N) is 2. The first kappa shape index (κ1) is 22.5. The van der Waals surface area contributed by atoms with E-state index in [9.17, 15) is 13.6 Å². The van der Waals surface area contributed by atoms with Gasteiger partial charge in [0.2, 0.25) is 0 Å². The quantitative estimate of drug-likeness (QED) is 0.404. The Hall–Kier alpha value is -3.74. The second-order valence-corrected chi connectivity index (χ2v) is 8.21. The summed E-state index contributed by atoms with van der Waals surface area (Å²) in [5.41, 5.74) is 2.60. The standard InChI is InChI=1S/C26H26F2N4O/c1-31(24-11-13-32(14-12-24)25(29)19-5-3-2-4-6-19)26(33)30-23-9-7-18(8-10-23)20-15-21(27)17-22(28)16-20/h2-10,15-17,24,29H,11-14H2,1H3,(H,30,33). The normalized spacial score (nSPS) is 14.1. The molecule has 0 aromatic heterocycles. The van der Waals surface area contributed by atoms with Crippen LogP contribution in [0.25, 0.3) is 11.1 Å². The van der Waals surface area contributed by atoms with Gasteiger partial charge in [-0.05, 0) is 48.2 Å². The Morgan fingerprint density at radius 2 is 1.55 bits per heavy atom. The van der Waals surface area contributed by atoms with Crippen molar-refractivity contribution >= 4 is 17.6 Å². The van der Waals surface area contributed by atoms with Gasteiger partial charge in [-0.1, -0.05) is 42.5 Å². The van der Waals surface area contributed by atoms with E-state index in [-0.39, 0.29) is 12.1 Å². The highest BCUT2D eigenvalue weighted by molar-refractivity contribution is 5.96. The molecule has 0 spiro atoms. The number of anilines is 1. The topological polar surface area (TPSA) is 59.4 Å². The van der Waals surface area contributed by atoms with Crippen LogP contribution in [0.3, 0.4) is 0 Å². The Morgan fingerprint density at radius 1 is 0.939 bits per heavy atom. The van der Waals surface area contributed by atoms with Crippen LogP contribution in [0.15, 0.2) is 72.8 Å². The lowest BCUT2D eigenvalue weighted by Gasteiger charge is -2.37. The molecule has 5 nitrogen and oxygen atoms in total. The summed E-state index contributed by atoms with van der Waals surface area (Å²) in [7, 11) is 1.78. The summed E-state index contributed by atoms with van der Waals surface area (Å²) in [6.45, 7) is 1.43. The zero-order valence-corrected chi connectivity index (χ0v) is 18.4.